The van der Waals surface area contributed by atoms with E-state index >= 15 is 4.39 Å². The van der Waals surface area contributed by atoms with Gasteiger partial charge in [0.15, 0.2) is 0 Å². The number of benzene rings is 3. The summed E-state index contributed by atoms with van der Waals surface area (Å²) < 4.78 is 17.2. The number of amides is 4. The molecule has 1 aromatic heterocycles. The smallest absolute Gasteiger partial charge is 0.282 e. The Hall–Kier alpha value is -5.18. The molecule has 0 saturated carbocycles. The van der Waals surface area contributed by atoms with Crippen molar-refractivity contribution in [2.75, 3.05) is 63.8 Å². The van der Waals surface area contributed by atoms with E-state index in [0.717, 1.165) is 74.5 Å². The summed E-state index contributed by atoms with van der Waals surface area (Å²) in [5.41, 5.74) is 4.11. The number of imide groups is 1. The third-order valence-corrected chi connectivity index (χ3v) is 13.8. The molecule has 0 unspecified atom stereocenters. The molecule has 0 spiro atoms. The Balaban J connectivity index is 0.739. The Morgan fingerprint density at radius 2 is 1.65 bits per heavy atom. The van der Waals surface area contributed by atoms with Crippen molar-refractivity contribution in [2.24, 2.45) is 0 Å². The molecule has 314 valence electrons. The van der Waals surface area contributed by atoms with Crippen molar-refractivity contribution in [1.29, 1.82) is 0 Å². The molecule has 0 aliphatic carbocycles. The van der Waals surface area contributed by atoms with Crippen LogP contribution in [0, 0.1) is 5.82 Å². The van der Waals surface area contributed by atoms with E-state index in [4.69, 9.17) is 11.6 Å². The Bertz CT molecular complexity index is 2450. The first kappa shape index (κ1) is 40.2. The van der Waals surface area contributed by atoms with Crippen LogP contribution in [0.2, 0.25) is 5.02 Å². The molecular weight excluding hydrogens is 787 g/mol. The molecule has 2 N–H and O–H groups in total. The van der Waals surface area contributed by atoms with Crippen LogP contribution in [0.3, 0.4) is 0 Å². The number of fused-ring (bicyclic) bond motifs is 5. The summed E-state index contributed by atoms with van der Waals surface area (Å²) in [6.07, 6.45) is 4.50. The highest BCUT2D eigenvalue weighted by molar-refractivity contribution is 6.35. The lowest BCUT2D eigenvalue weighted by molar-refractivity contribution is -0.135. The highest BCUT2D eigenvalue weighted by atomic mass is 35.5. The first-order valence-corrected chi connectivity index (χ1v) is 21.5. The van der Waals surface area contributed by atoms with Gasteiger partial charge in [-0.15, -0.1) is 0 Å². The summed E-state index contributed by atoms with van der Waals surface area (Å²) >= 11 is 6.51. The molecule has 4 amide bonds. The zero-order valence-corrected chi connectivity index (χ0v) is 34.8. The molecule has 6 heterocycles. The average Bonchev–Trinajstić information content (AvgIpc) is 3.47. The quantitative estimate of drug-likeness (QED) is 0.261. The van der Waals surface area contributed by atoms with E-state index in [1.54, 1.807) is 12.1 Å². The Morgan fingerprint density at radius 1 is 0.900 bits per heavy atom. The summed E-state index contributed by atoms with van der Waals surface area (Å²) in [5, 5.41) is 5.58. The summed E-state index contributed by atoms with van der Waals surface area (Å²) in [7, 11) is 0. The van der Waals surface area contributed by atoms with E-state index in [1.807, 2.05) is 21.9 Å². The fourth-order valence-corrected chi connectivity index (χ4v) is 10.3. The molecule has 9 rings (SSSR count). The number of carbonyl (C=O) groups excluding carboxylic acids is 4. The van der Waals surface area contributed by atoms with Gasteiger partial charge in [0.05, 0.1) is 39.1 Å². The van der Waals surface area contributed by atoms with Crippen LogP contribution in [0.1, 0.15) is 85.6 Å². The maximum atomic E-state index is 15.1. The van der Waals surface area contributed by atoms with Crippen molar-refractivity contribution < 1.29 is 23.6 Å². The number of hydrogen-bond donors (Lipinski definition) is 2. The van der Waals surface area contributed by atoms with Gasteiger partial charge in [-0.05, 0) is 112 Å². The van der Waals surface area contributed by atoms with Gasteiger partial charge >= 0.3 is 0 Å². The zero-order valence-electron chi connectivity index (χ0n) is 34.0. The Kier molecular flexibility index (Phi) is 10.7. The molecule has 5 aliphatic rings. The highest BCUT2D eigenvalue weighted by Crippen LogP contribution is 2.45. The Labute approximate surface area is 352 Å². The second-order valence-electron chi connectivity index (χ2n) is 17.4. The molecule has 4 saturated heterocycles. The van der Waals surface area contributed by atoms with Gasteiger partial charge in [0, 0.05) is 57.4 Å². The number of likely N-dealkylation sites (tertiary alicyclic amines) is 2. The largest absolute Gasteiger partial charge is 0.368 e. The van der Waals surface area contributed by atoms with Crippen molar-refractivity contribution in [1.82, 2.24) is 34.9 Å². The molecule has 15 heteroatoms. The third-order valence-electron chi connectivity index (χ3n) is 13.5. The predicted octanol–water partition coefficient (Wildman–Crippen LogP) is 4.35. The minimum absolute atomic E-state index is 0.111. The van der Waals surface area contributed by atoms with Crippen LogP contribution < -0.4 is 21.1 Å². The van der Waals surface area contributed by atoms with Crippen molar-refractivity contribution in [3.8, 4) is 5.69 Å². The number of rotatable bonds is 7. The minimum atomic E-state index is -0.885. The number of halogens is 2. The van der Waals surface area contributed by atoms with Crippen molar-refractivity contribution in [3.05, 3.63) is 98.3 Å². The number of nitrogens with zero attached hydrogens (tertiary/aromatic N) is 6. The van der Waals surface area contributed by atoms with Crippen LogP contribution in [-0.2, 0) is 19.8 Å². The van der Waals surface area contributed by atoms with E-state index < -0.39 is 35.0 Å². The van der Waals surface area contributed by atoms with Crippen LogP contribution in [0.4, 0.5) is 10.1 Å². The maximum absolute atomic E-state index is 15.1. The molecular formula is C45H50ClFN8O5. The molecule has 3 aromatic carbocycles. The molecule has 60 heavy (non-hydrogen) atoms. The average molecular weight is 837 g/mol. The second-order valence-corrected chi connectivity index (χ2v) is 17.8. The molecule has 0 bridgehead atoms. The van der Waals surface area contributed by atoms with Crippen molar-refractivity contribution in [2.45, 2.75) is 75.8 Å². The summed E-state index contributed by atoms with van der Waals surface area (Å²) in [6, 6.07) is 16.4. The number of carbonyl (C=O) groups is 4. The van der Waals surface area contributed by atoms with Gasteiger partial charge in [0.1, 0.15) is 17.7 Å². The van der Waals surface area contributed by atoms with E-state index in [9.17, 15) is 24.0 Å². The molecule has 0 radical (unpaired) electrons. The Morgan fingerprint density at radius 3 is 2.37 bits per heavy atom. The summed E-state index contributed by atoms with van der Waals surface area (Å²) in [6.45, 7) is 10.6. The van der Waals surface area contributed by atoms with Crippen molar-refractivity contribution in [3.63, 3.8) is 0 Å². The van der Waals surface area contributed by atoms with Crippen LogP contribution >= 0.6 is 11.6 Å². The monoisotopic (exact) mass is 836 g/mol. The zero-order chi connectivity index (χ0) is 41.9. The summed E-state index contributed by atoms with van der Waals surface area (Å²) in [5.74, 6) is -1.09. The number of piperidine rings is 3. The van der Waals surface area contributed by atoms with Gasteiger partial charge in [-0.25, -0.2) is 4.39 Å². The fourth-order valence-electron chi connectivity index (χ4n) is 10.0. The SMILES string of the molecule is CC1(C)c2ccc(C3CCN(C4CCN(CC(=O)N5CCN(c6ccc(C(=O)N[C@H]7CCC(=O)NC7=O)c(F)c6)CC5)CC4)CC3)cc2-n2c1nc(=O)c1c(Cl)cccc12. The van der Waals surface area contributed by atoms with Crippen LogP contribution in [-0.4, -0.2) is 119 Å². The van der Waals surface area contributed by atoms with Gasteiger partial charge in [-0.1, -0.05) is 29.8 Å². The lowest BCUT2D eigenvalue weighted by Gasteiger charge is -2.42. The highest BCUT2D eigenvalue weighted by Gasteiger charge is 2.40. The summed E-state index contributed by atoms with van der Waals surface area (Å²) in [4.78, 5) is 76.0. The number of anilines is 1. The van der Waals surface area contributed by atoms with Crippen LogP contribution in [0.5, 0.6) is 0 Å². The predicted molar refractivity (Wildman–Crippen MR) is 226 cm³/mol. The van der Waals surface area contributed by atoms with Gasteiger partial charge in [-0.3, -0.25) is 38.8 Å². The first-order chi connectivity index (χ1) is 28.8. The molecule has 4 aromatic rings. The number of nitrogens with one attached hydrogen (secondary N) is 2. The van der Waals surface area contributed by atoms with Gasteiger partial charge in [0.2, 0.25) is 17.7 Å². The molecule has 1 atom stereocenters. The lowest BCUT2D eigenvalue weighted by Crippen LogP contribution is -2.53. The second kappa shape index (κ2) is 16.0. The van der Waals surface area contributed by atoms with E-state index in [0.29, 0.717) is 60.8 Å². The fraction of sp³-hybridized carbons (Fsp3) is 0.467. The van der Waals surface area contributed by atoms with E-state index in [1.165, 1.54) is 17.7 Å². The van der Waals surface area contributed by atoms with Crippen LogP contribution in [0.15, 0.2) is 59.4 Å². The number of hydrogen-bond acceptors (Lipinski definition) is 9. The molecule has 13 nitrogen and oxygen atoms in total. The number of aromatic nitrogens is 2. The lowest BCUT2D eigenvalue weighted by atomic mass is 9.82. The van der Waals surface area contributed by atoms with Gasteiger partial charge in [-0.2, -0.15) is 4.98 Å². The van der Waals surface area contributed by atoms with Crippen LogP contribution in [0.25, 0.3) is 16.6 Å². The minimum Gasteiger partial charge on any atom is -0.368 e. The molecule has 4 fully saturated rings. The number of piperazine rings is 1. The van der Waals surface area contributed by atoms with Gasteiger partial charge in [0.25, 0.3) is 11.5 Å². The molecule has 5 aliphatic heterocycles. The third kappa shape index (κ3) is 7.47. The standard InChI is InChI=1S/C45H50ClFN8O5/c1-45(2)32-9-6-28(24-37(32)55-36-5-3-4-33(46)40(36)43(60)50-44(45)55)27-12-18-52(19-13-27)29-14-16-51(17-15-29)26-39(57)54-22-20-53(21-23-54)30-7-8-31(34(47)25-30)41(58)48-35-10-11-38(56)49-42(35)59/h3-9,24-25,27,29,35H,10-23,26H2,1-2H3,(H,48,58)(H,49,56,59)/t35-/m0/s1. The van der Waals surface area contributed by atoms with E-state index in [2.05, 4.69) is 62.0 Å². The maximum Gasteiger partial charge on any atom is 0.282 e. The van der Waals surface area contributed by atoms with Gasteiger partial charge < -0.3 is 20.0 Å². The normalized spacial score (nSPS) is 21.5. The topological polar surface area (TPSA) is 140 Å². The first-order valence-electron chi connectivity index (χ1n) is 21.2. The van der Waals surface area contributed by atoms with Crippen molar-refractivity contribution >= 4 is 51.8 Å². The van der Waals surface area contributed by atoms with E-state index in [-0.39, 0.29) is 29.9 Å².